The number of aromatic amines is 1. The van der Waals surface area contributed by atoms with Crippen LogP contribution >= 0.6 is 0 Å². The quantitative estimate of drug-likeness (QED) is 0.243. The molecule has 0 aliphatic rings. The summed E-state index contributed by atoms with van der Waals surface area (Å²) in [6.07, 6.45) is 4.21. The molecule has 0 fully saturated rings. The van der Waals surface area contributed by atoms with Crippen molar-refractivity contribution in [1.29, 1.82) is 0 Å². The number of nitrogens with zero attached hydrogens (tertiary/aromatic N) is 2. The molecule has 10 heteroatoms. The number of imide groups is 1. The standard InChI is InChI=1S/C28H33N3O7/c1-6-9-10-11-22-21-16-20(12-13-23(21)30-29-22)38-24-17(4)14-19(15-18(24)5)31(25(32)27(34)36-7-2)26(33)28(35)37-8-3/h12-16H,6-11H2,1-5H3,(H,29,30). The number of aryl methyl sites for hydroxylation is 3. The number of hydrogen-bond donors (Lipinski definition) is 1. The fraction of sp³-hybridized carbons (Fsp3) is 0.393. The van der Waals surface area contributed by atoms with Crippen LogP contribution in [-0.4, -0.2) is 47.2 Å². The molecular formula is C28H33N3O7. The Bertz CT molecular complexity index is 1290. The number of rotatable bonds is 9. The molecule has 3 rings (SSSR count). The van der Waals surface area contributed by atoms with Crippen LogP contribution in [0.2, 0.25) is 0 Å². The zero-order valence-electron chi connectivity index (χ0n) is 22.4. The lowest BCUT2D eigenvalue weighted by atomic mass is 10.1. The van der Waals surface area contributed by atoms with Gasteiger partial charge in [0.15, 0.2) is 0 Å². The van der Waals surface area contributed by atoms with E-state index in [-0.39, 0.29) is 18.9 Å². The second-order valence-corrected chi connectivity index (χ2v) is 8.74. The molecule has 1 aromatic heterocycles. The topological polar surface area (TPSA) is 128 Å². The molecule has 3 aromatic rings. The van der Waals surface area contributed by atoms with Gasteiger partial charge in [-0.15, -0.1) is 0 Å². The van der Waals surface area contributed by atoms with Crippen molar-refractivity contribution in [2.24, 2.45) is 0 Å². The average Bonchev–Trinajstić information content (AvgIpc) is 3.29. The Hall–Kier alpha value is -4.21. The molecule has 10 nitrogen and oxygen atoms in total. The Morgan fingerprint density at radius 3 is 2.03 bits per heavy atom. The number of esters is 2. The molecule has 1 heterocycles. The lowest BCUT2D eigenvalue weighted by Crippen LogP contribution is -2.46. The number of benzene rings is 2. The van der Waals surface area contributed by atoms with Gasteiger partial charge in [0.05, 0.1) is 24.4 Å². The maximum atomic E-state index is 12.8. The fourth-order valence-electron chi connectivity index (χ4n) is 4.08. The number of carbonyl (C=O) groups excluding carboxylic acids is 4. The van der Waals surface area contributed by atoms with Crippen LogP contribution in [0, 0.1) is 13.8 Å². The first-order chi connectivity index (χ1) is 18.2. The number of aromatic nitrogens is 2. The van der Waals surface area contributed by atoms with Gasteiger partial charge in [0.1, 0.15) is 11.5 Å². The number of ether oxygens (including phenoxy) is 3. The number of fused-ring (bicyclic) bond motifs is 1. The summed E-state index contributed by atoms with van der Waals surface area (Å²) in [5.74, 6) is -4.00. The Labute approximate surface area is 221 Å². The van der Waals surface area contributed by atoms with E-state index in [0.717, 1.165) is 42.3 Å². The van der Waals surface area contributed by atoms with Gasteiger partial charge in [-0.2, -0.15) is 5.10 Å². The summed E-state index contributed by atoms with van der Waals surface area (Å²) in [5.41, 5.74) is 3.07. The van der Waals surface area contributed by atoms with Crippen LogP contribution in [0.3, 0.4) is 0 Å². The van der Waals surface area contributed by atoms with Crippen LogP contribution < -0.4 is 9.64 Å². The largest absolute Gasteiger partial charge is 0.459 e. The normalized spacial score (nSPS) is 10.8. The maximum Gasteiger partial charge on any atom is 0.397 e. The summed E-state index contributed by atoms with van der Waals surface area (Å²) in [5, 5.41) is 8.47. The second-order valence-electron chi connectivity index (χ2n) is 8.74. The molecule has 2 amide bonds. The molecule has 0 radical (unpaired) electrons. The van der Waals surface area contributed by atoms with Crippen molar-refractivity contribution in [3.05, 3.63) is 47.2 Å². The van der Waals surface area contributed by atoms with Crippen LogP contribution in [0.4, 0.5) is 5.69 Å². The van der Waals surface area contributed by atoms with Crippen LogP contribution in [0.15, 0.2) is 30.3 Å². The van der Waals surface area contributed by atoms with Gasteiger partial charge in [0, 0.05) is 11.1 Å². The van der Waals surface area contributed by atoms with Gasteiger partial charge in [-0.3, -0.25) is 14.7 Å². The van der Waals surface area contributed by atoms with Crippen molar-refractivity contribution in [1.82, 2.24) is 10.2 Å². The van der Waals surface area contributed by atoms with Gasteiger partial charge in [-0.1, -0.05) is 19.8 Å². The minimum atomic E-state index is -1.29. The minimum Gasteiger partial charge on any atom is -0.459 e. The lowest BCUT2D eigenvalue weighted by Gasteiger charge is -2.21. The number of hydrogen-bond acceptors (Lipinski definition) is 8. The molecule has 0 atom stereocenters. The number of H-pyrrole nitrogens is 1. The summed E-state index contributed by atoms with van der Waals surface area (Å²) in [4.78, 5) is 50.4. The average molecular weight is 524 g/mol. The molecule has 0 aliphatic carbocycles. The van der Waals surface area contributed by atoms with E-state index in [2.05, 4.69) is 17.1 Å². The molecule has 1 N–H and O–H groups in total. The van der Waals surface area contributed by atoms with E-state index >= 15 is 0 Å². The van der Waals surface area contributed by atoms with E-state index in [0.29, 0.717) is 27.5 Å². The first-order valence-corrected chi connectivity index (χ1v) is 12.7. The number of nitrogens with one attached hydrogen (secondary N) is 1. The predicted octanol–water partition coefficient (Wildman–Crippen LogP) is 4.69. The summed E-state index contributed by atoms with van der Waals surface area (Å²) < 4.78 is 15.7. The number of unbranched alkanes of at least 4 members (excludes halogenated alkanes) is 2. The second kappa shape index (κ2) is 12.8. The highest BCUT2D eigenvalue weighted by Crippen LogP contribution is 2.34. The Balaban J connectivity index is 1.95. The van der Waals surface area contributed by atoms with Gasteiger partial charge in [-0.05, 0) is 82.0 Å². The van der Waals surface area contributed by atoms with E-state index in [1.165, 1.54) is 26.0 Å². The molecule has 0 saturated carbocycles. The zero-order chi connectivity index (χ0) is 27.8. The van der Waals surface area contributed by atoms with Gasteiger partial charge >= 0.3 is 23.8 Å². The molecule has 0 spiro atoms. The van der Waals surface area contributed by atoms with Gasteiger partial charge < -0.3 is 14.2 Å². The number of carbonyl (C=O) groups is 4. The lowest BCUT2D eigenvalue weighted by molar-refractivity contribution is -0.157. The molecule has 0 bridgehead atoms. The van der Waals surface area contributed by atoms with Gasteiger partial charge in [-0.25, -0.2) is 14.5 Å². The molecule has 202 valence electrons. The highest BCUT2D eigenvalue weighted by molar-refractivity contribution is 6.52. The number of anilines is 1. The van der Waals surface area contributed by atoms with Gasteiger partial charge in [0.2, 0.25) is 0 Å². The van der Waals surface area contributed by atoms with Crippen LogP contribution in [0.1, 0.15) is 56.9 Å². The molecule has 0 saturated heterocycles. The van der Waals surface area contributed by atoms with Crippen molar-refractivity contribution in [3.63, 3.8) is 0 Å². The number of amides is 2. The van der Waals surface area contributed by atoms with Crippen molar-refractivity contribution < 1.29 is 33.4 Å². The van der Waals surface area contributed by atoms with Crippen LogP contribution in [0.5, 0.6) is 11.5 Å². The highest BCUT2D eigenvalue weighted by atomic mass is 16.5. The van der Waals surface area contributed by atoms with E-state index in [1.807, 2.05) is 18.2 Å². The van der Waals surface area contributed by atoms with Crippen molar-refractivity contribution in [2.75, 3.05) is 18.1 Å². The maximum absolute atomic E-state index is 12.8. The predicted molar refractivity (Wildman–Crippen MR) is 141 cm³/mol. The Morgan fingerprint density at radius 1 is 0.868 bits per heavy atom. The van der Waals surface area contributed by atoms with Crippen LogP contribution in [0.25, 0.3) is 10.9 Å². The summed E-state index contributed by atoms with van der Waals surface area (Å²) in [7, 11) is 0. The molecule has 2 aromatic carbocycles. The third kappa shape index (κ3) is 6.37. The van der Waals surface area contributed by atoms with Gasteiger partial charge in [0.25, 0.3) is 0 Å². The van der Waals surface area contributed by atoms with E-state index in [4.69, 9.17) is 14.2 Å². The van der Waals surface area contributed by atoms with Crippen molar-refractivity contribution >= 4 is 40.3 Å². The zero-order valence-corrected chi connectivity index (χ0v) is 22.4. The monoisotopic (exact) mass is 523 g/mol. The molecular weight excluding hydrogens is 490 g/mol. The van der Waals surface area contributed by atoms with Crippen molar-refractivity contribution in [3.8, 4) is 11.5 Å². The molecule has 38 heavy (non-hydrogen) atoms. The smallest absolute Gasteiger partial charge is 0.397 e. The summed E-state index contributed by atoms with van der Waals surface area (Å²) >= 11 is 0. The van der Waals surface area contributed by atoms with Crippen molar-refractivity contribution in [2.45, 2.75) is 60.3 Å². The highest BCUT2D eigenvalue weighted by Gasteiger charge is 2.35. The Morgan fingerprint density at radius 2 is 1.47 bits per heavy atom. The third-order valence-electron chi connectivity index (χ3n) is 5.86. The van der Waals surface area contributed by atoms with E-state index in [9.17, 15) is 19.2 Å². The SMILES string of the molecule is CCCCCc1[nH]nc2ccc(Oc3c(C)cc(N(C(=O)C(=O)OCC)C(=O)C(=O)OCC)cc3C)cc12. The third-order valence-corrected chi connectivity index (χ3v) is 5.86. The van der Waals surface area contributed by atoms with E-state index < -0.39 is 23.8 Å². The summed E-state index contributed by atoms with van der Waals surface area (Å²) in [6, 6.07) is 8.59. The first-order valence-electron chi connectivity index (χ1n) is 12.7. The fourth-order valence-corrected chi connectivity index (χ4v) is 4.08. The molecule has 0 aliphatic heterocycles. The van der Waals surface area contributed by atoms with Crippen LogP contribution in [-0.2, 0) is 35.1 Å². The first kappa shape index (κ1) is 28.4. The van der Waals surface area contributed by atoms with E-state index in [1.54, 1.807) is 13.8 Å². The summed E-state index contributed by atoms with van der Waals surface area (Å²) in [6.45, 7) is 8.54. The Kier molecular flexibility index (Phi) is 9.59. The molecule has 0 unspecified atom stereocenters. The minimum absolute atomic E-state index is 0.0203.